The Kier molecular flexibility index (Phi) is 5.19. The van der Waals surface area contributed by atoms with Gasteiger partial charge in [0.2, 0.25) is 11.8 Å². The molecule has 4 atom stereocenters. The van der Waals surface area contributed by atoms with Crippen LogP contribution in [0.3, 0.4) is 0 Å². The highest BCUT2D eigenvalue weighted by atomic mass is 16.5. The minimum atomic E-state index is -0.272. The smallest absolute Gasteiger partial charge is 0.249 e. The van der Waals surface area contributed by atoms with E-state index in [1.165, 1.54) is 6.33 Å². The molecular weight excluding hydrogens is 334 g/mol. The van der Waals surface area contributed by atoms with Crippen molar-refractivity contribution >= 4 is 11.8 Å². The molecule has 2 amide bonds. The monoisotopic (exact) mass is 361 g/mol. The Balaban J connectivity index is 1.25. The summed E-state index contributed by atoms with van der Waals surface area (Å²) in [6.07, 6.45) is 8.18. The van der Waals surface area contributed by atoms with Gasteiger partial charge in [0.15, 0.2) is 0 Å². The van der Waals surface area contributed by atoms with Crippen LogP contribution in [-0.4, -0.2) is 63.3 Å². The Morgan fingerprint density at radius 1 is 1.19 bits per heavy atom. The summed E-state index contributed by atoms with van der Waals surface area (Å²) in [6, 6.07) is 0.200. The quantitative estimate of drug-likeness (QED) is 0.801. The molecule has 4 rings (SSSR count). The molecular formula is C18H27N5O3. The highest BCUT2D eigenvalue weighted by molar-refractivity contribution is 5.81. The second-order valence-corrected chi connectivity index (χ2v) is 7.69. The molecule has 26 heavy (non-hydrogen) atoms. The van der Waals surface area contributed by atoms with E-state index in [2.05, 4.69) is 15.4 Å². The number of carbonyl (C=O) groups is 2. The largest absolute Gasteiger partial charge is 0.368 e. The molecule has 0 spiro atoms. The highest BCUT2D eigenvalue weighted by Crippen LogP contribution is 2.37. The zero-order chi connectivity index (χ0) is 17.9. The fourth-order valence-electron chi connectivity index (χ4n) is 4.60. The van der Waals surface area contributed by atoms with Crippen LogP contribution in [0.5, 0.6) is 0 Å². The van der Waals surface area contributed by atoms with Gasteiger partial charge in [0, 0.05) is 38.7 Å². The Morgan fingerprint density at radius 2 is 2.00 bits per heavy atom. The summed E-state index contributed by atoms with van der Waals surface area (Å²) in [5, 5.41) is 7.28. The average molecular weight is 361 g/mol. The molecule has 3 heterocycles. The SMILES string of the molecule is O=C(NC1[C@@H]2CC[C@H]1CN(C(=O)CCCn1cncn1)C2)C1CCCO1. The molecule has 3 fully saturated rings. The van der Waals surface area contributed by atoms with E-state index in [0.29, 0.717) is 31.4 Å². The van der Waals surface area contributed by atoms with Gasteiger partial charge < -0.3 is 15.0 Å². The second kappa shape index (κ2) is 7.73. The fraction of sp³-hybridized carbons (Fsp3) is 0.778. The Labute approximate surface area is 153 Å². The summed E-state index contributed by atoms with van der Waals surface area (Å²) in [6.45, 7) is 2.92. The molecule has 2 bridgehead atoms. The first-order valence-corrected chi connectivity index (χ1v) is 9.73. The van der Waals surface area contributed by atoms with E-state index in [-0.39, 0.29) is 24.0 Å². The lowest BCUT2D eigenvalue weighted by Gasteiger charge is -2.38. The topological polar surface area (TPSA) is 89.4 Å². The third kappa shape index (κ3) is 3.75. The van der Waals surface area contributed by atoms with Crippen LogP contribution in [-0.2, 0) is 20.9 Å². The van der Waals surface area contributed by atoms with E-state index < -0.39 is 0 Å². The molecule has 142 valence electrons. The lowest BCUT2D eigenvalue weighted by atomic mass is 9.91. The molecule has 1 N–H and O–H groups in total. The van der Waals surface area contributed by atoms with Crippen molar-refractivity contribution in [1.29, 1.82) is 0 Å². The lowest BCUT2D eigenvalue weighted by Crippen LogP contribution is -2.55. The molecule has 2 saturated heterocycles. The van der Waals surface area contributed by atoms with E-state index in [1.807, 2.05) is 4.90 Å². The van der Waals surface area contributed by atoms with Gasteiger partial charge >= 0.3 is 0 Å². The predicted octanol–water partition coefficient (Wildman–Crippen LogP) is 0.591. The molecule has 1 aromatic heterocycles. The first-order chi connectivity index (χ1) is 12.7. The molecule has 1 saturated carbocycles. The van der Waals surface area contributed by atoms with E-state index >= 15 is 0 Å². The third-order valence-corrected chi connectivity index (χ3v) is 5.96. The summed E-state index contributed by atoms with van der Waals surface area (Å²) >= 11 is 0. The number of aromatic nitrogens is 3. The molecule has 3 aliphatic rings. The van der Waals surface area contributed by atoms with Crippen molar-refractivity contribution in [2.24, 2.45) is 11.8 Å². The molecule has 0 radical (unpaired) electrons. The van der Waals surface area contributed by atoms with Crippen LogP contribution in [0.25, 0.3) is 0 Å². The first kappa shape index (κ1) is 17.5. The van der Waals surface area contributed by atoms with E-state index in [9.17, 15) is 9.59 Å². The van der Waals surface area contributed by atoms with Crippen LogP contribution in [0.15, 0.2) is 12.7 Å². The molecule has 2 aliphatic heterocycles. The van der Waals surface area contributed by atoms with E-state index in [0.717, 1.165) is 45.2 Å². The summed E-state index contributed by atoms with van der Waals surface area (Å²) in [5.74, 6) is 1.000. The summed E-state index contributed by atoms with van der Waals surface area (Å²) in [4.78, 5) is 30.8. The van der Waals surface area contributed by atoms with Crippen molar-refractivity contribution in [1.82, 2.24) is 25.0 Å². The van der Waals surface area contributed by atoms with Gasteiger partial charge in [0.25, 0.3) is 0 Å². The number of hydrogen-bond acceptors (Lipinski definition) is 5. The number of amides is 2. The van der Waals surface area contributed by atoms with Crippen LogP contribution in [0.2, 0.25) is 0 Å². The van der Waals surface area contributed by atoms with Gasteiger partial charge in [-0.25, -0.2) is 4.98 Å². The van der Waals surface area contributed by atoms with Crippen molar-refractivity contribution < 1.29 is 14.3 Å². The van der Waals surface area contributed by atoms with Gasteiger partial charge in [0.05, 0.1) is 0 Å². The normalized spacial score (nSPS) is 30.5. The maximum atomic E-state index is 12.6. The fourth-order valence-corrected chi connectivity index (χ4v) is 4.60. The van der Waals surface area contributed by atoms with Gasteiger partial charge in [0.1, 0.15) is 18.8 Å². The summed E-state index contributed by atoms with van der Waals surface area (Å²) < 4.78 is 7.25. The first-order valence-electron chi connectivity index (χ1n) is 9.73. The number of nitrogens with zero attached hydrogens (tertiary/aromatic N) is 4. The number of hydrogen-bond donors (Lipinski definition) is 1. The van der Waals surface area contributed by atoms with E-state index in [1.54, 1.807) is 11.0 Å². The summed E-state index contributed by atoms with van der Waals surface area (Å²) in [7, 11) is 0. The van der Waals surface area contributed by atoms with Crippen molar-refractivity contribution in [3.05, 3.63) is 12.7 Å². The number of rotatable bonds is 6. The molecule has 1 aromatic rings. The van der Waals surface area contributed by atoms with Crippen LogP contribution < -0.4 is 5.32 Å². The average Bonchev–Trinajstić information content (AvgIpc) is 3.37. The van der Waals surface area contributed by atoms with Gasteiger partial charge in [-0.15, -0.1) is 0 Å². The van der Waals surface area contributed by atoms with Crippen molar-refractivity contribution in [2.45, 2.75) is 57.2 Å². The number of likely N-dealkylation sites (tertiary alicyclic amines) is 1. The van der Waals surface area contributed by atoms with Crippen molar-refractivity contribution in [3.63, 3.8) is 0 Å². The second-order valence-electron chi connectivity index (χ2n) is 7.69. The number of nitrogens with one attached hydrogen (secondary N) is 1. The van der Waals surface area contributed by atoms with Gasteiger partial charge in [-0.1, -0.05) is 0 Å². The number of ether oxygens (including phenoxy) is 1. The zero-order valence-corrected chi connectivity index (χ0v) is 15.0. The minimum Gasteiger partial charge on any atom is -0.368 e. The molecule has 0 aromatic carbocycles. The maximum absolute atomic E-state index is 12.6. The standard InChI is InChI=1S/C18H27N5O3/c24-16(4-1-7-23-12-19-11-20-23)22-9-13-5-6-14(10-22)17(13)21-18(25)15-3-2-8-26-15/h11-15,17H,1-10H2,(H,21,25)/t13-,14+,15?,17?. The van der Waals surface area contributed by atoms with Crippen LogP contribution >= 0.6 is 0 Å². The number of fused-ring (bicyclic) bond motifs is 2. The third-order valence-electron chi connectivity index (χ3n) is 5.96. The van der Waals surface area contributed by atoms with Gasteiger partial charge in [-0.05, 0) is 43.9 Å². The number of aryl methyl sites for hydroxylation is 1. The van der Waals surface area contributed by atoms with Crippen LogP contribution in [0.1, 0.15) is 38.5 Å². The van der Waals surface area contributed by atoms with Crippen molar-refractivity contribution in [2.75, 3.05) is 19.7 Å². The molecule has 1 aliphatic carbocycles. The van der Waals surface area contributed by atoms with Gasteiger partial charge in [-0.3, -0.25) is 14.3 Å². The molecule has 2 unspecified atom stereocenters. The Bertz CT molecular complexity index is 615. The Morgan fingerprint density at radius 3 is 2.65 bits per heavy atom. The highest BCUT2D eigenvalue weighted by Gasteiger charge is 2.44. The maximum Gasteiger partial charge on any atom is 0.249 e. The van der Waals surface area contributed by atoms with E-state index in [4.69, 9.17) is 4.74 Å². The summed E-state index contributed by atoms with van der Waals surface area (Å²) in [5.41, 5.74) is 0. The minimum absolute atomic E-state index is 0.0389. The molecule has 8 nitrogen and oxygen atoms in total. The zero-order valence-electron chi connectivity index (χ0n) is 15.0. The van der Waals surface area contributed by atoms with Crippen molar-refractivity contribution in [3.8, 4) is 0 Å². The van der Waals surface area contributed by atoms with Crippen LogP contribution in [0.4, 0.5) is 0 Å². The van der Waals surface area contributed by atoms with Gasteiger partial charge in [-0.2, -0.15) is 5.10 Å². The number of piperidine rings is 1. The number of carbonyl (C=O) groups excluding carboxylic acids is 2. The molecule has 8 heteroatoms. The Hall–Kier alpha value is -1.96. The van der Waals surface area contributed by atoms with Crippen LogP contribution in [0, 0.1) is 11.8 Å². The lowest BCUT2D eigenvalue weighted by molar-refractivity contribution is -0.135. The predicted molar refractivity (Wildman–Crippen MR) is 93.0 cm³/mol.